The molecule has 0 saturated carbocycles. The number of likely N-dealkylation sites (tertiary alicyclic amines) is 1. The number of hydrogen-bond donors (Lipinski definition) is 0. The van der Waals surface area contributed by atoms with Crippen LogP contribution in [0.1, 0.15) is 18.7 Å². The number of rotatable bonds is 5. The van der Waals surface area contributed by atoms with Crippen molar-refractivity contribution in [1.29, 1.82) is 0 Å². The van der Waals surface area contributed by atoms with Crippen LogP contribution in [0.5, 0.6) is 0 Å². The highest BCUT2D eigenvalue weighted by molar-refractivity contribution is 6.30. The minimum atomic E-state index is 0.564. The van der Waals surface area contributed by atoms with Crippen molar-refractivity contribution in [3.8, 4) is 11.4 Å². The first-order chi connectivity index (χ1) is 12.3. The van der Waals surface area contributed by atoms with Gasteiger partial charge >= 0.3 is 0 Å². The second kappa shape index (κ2) is 7.33. The Morgan fingerprint density at radius 1 is 1.24 bits per heavy atom. The van der Waals surface area contributed by atoms with Crippen LogP contribution in [0.25, 0.3) is 11.4 Å². The van der Waals surface area contributed by atoms with Gasteiger partial charge < -0.3 is 4.52 Å². The average molecular weight is 359 g/mol. The fourth-order valence-electron chi connectivity index (χ4n) is 3.26. The summed E-state index contributed by atoms with van der Waals surface area (Å²) < 4.78 is 7.33. The molecule has 1 aliphatic heterocycles. The molecule has 0 amide bonds. The van der Waals surface area contributed by atoms with Crippen molar-refractivity contribution in [3.63, 3.8) is 0 Å². The zero-order valence-electron chi connectivity index (χ0n) is 13.8. The Morgan fingerprint density at radius 3 is 2.92 bits per heavy atom. The zero-order valence-corrected chi connectivity index (χ0v) is 14.5. The maximum atomic E-state index is 5.92. The molecule has 25 heavy (non-hydrogen) atoms. The van der Waals surface area contributed by atoms with Gasteiger partial charge in [-0.3, -0.25) is 9.58 Å². The van der Waals surface area contributed by atoms with E-state index in [1.807, 2.05) is 28.9 Å². The molecule has 2 aromatic heterocycles. The molecule has 0 radical (unpaired) electrons. The topological polar surface area (TPSA) is 72.9 Å². The summed E-state index contributed by atoms with van der Waals surface area (Å²) in [5.74, 6) is 1.81. The molecule has 1 aromatic carbocycles. The Hall–Kier alpha value is -2.25. The third-order valence-electron chi connectivity index (χ3n) is 4.44. The zero-order chi connectivity index (χ0) is 17.1. The van der Waals surface area contributed by atoms with Crippen LogP contribution >= 0.6 is 11.6 Å². The Bertz CT molecular complexity index is 801. The van der Waals surface area contributed by atoms with Gasteiger partial charge in [-0.05, 0) is 49.6 Å². The lowest BCUT2D eigenvalue weighted by atomic mass is 9.98. The highest BCUT2D eigenvalue weighted by Crippen LogP contribution is 2.22. The molecule has 0 aliphatic carbocycles. The van der Waals surface area contributed by atoms with Gasteiger partial charge in [0.05, 0.1) is 6.54 Å². The van der Waals surface area contributed by atoms with Gasteiger partial charge in [-0.2, -0.15) is 10.1 Å². The van der Waals surface area contributed by atoms with Crippen molar-refractivity contribution >= 4 is 11.6 Å². The van der Waals surface area contributed by atoms with E-state index in [0.29, 0.717) is 29.2 Å². The predicted molar refractivity (Wildman–Crippen MR) is 92.8 cm³/mol. The van der Waals surface area contributed by atoms with Crippen LogP contribution in [0.3, 0.4) is 0 Å². The third kappa shape index (κ3) is 4.05. The molecule has 0 N–H and O–H groups in total. The largest absolute Gasteiger partial charge is 0.338 e. The summed E-state index contributed by atoms with van der Waals surface area (Å²) in [5, 5.41) is 8.98. The Kier molecular flexibility index (Phi) is 4.76. The maximum absolute atomic E-state index is 5.92. The first-order valence-electron chi connectivity index (χ1n) is 8.39. The second-order valence-corrected chi connectivity index (χ2v) is 6.82. The van der Waals surface area contributed by atoms with Crippen molar-refractivity contribution in [2.24, 2.45) is 5.92 Å². The molecule has 1 unspecified atom stereocenters. The van der Waals surface area contributed by atoms with Gasteiger partial charge in [0, 0.05) is 23.7 Å². The Labute approximate surface area is 150 Å². The molecule has 130 valence electrons. The lowest BCUT2D eigenvalue weighted by Crippen LogP contribution is -2.36. The molecule has 1 aliphatic rings. The van der Waals surface area contributed by atoms with E-state index < -0.39 is 0 Å². The summed E-state index contributed by atoms with van der Waals surface area (Å²) >= 11 is 5.92. The van der Waals surface area contributed by atoms with Gasteiger partial charge in [0.15, 0.2) is 0 Å². The summed E-state index contributed by atoms with van der Waals surface area (Å²) in [5.41, 5.74) is 0.905. The van der Waals surface area contributed by atoms with E-state index in [-0.39, 0.29) is 0 Å². The van der Waals surface area contributed by atoms with Gasteiger partial charge in [0.25, 0.3) is 0 Å². The smallest absolute Gasteiger partial charge is 0.241 e. The quantitative estimate of drug-likeness (QED) is 0.698. The van der Waals surface area contributed by atoms with Crippen molar-refractivity contribution in [1.82, 2.24) is 29.8 Å². The van der Waals surface area contributed by atoms with Gasteiger partial charge in [-0.15, -0.1) is 0 Å². The minimum absolute atomic E-state index is 0.564. The minimum Gasteiger partial charge on any atom is -0.338 e. The molecule has 0 bridgehead atoms. The van der Waals surface area contributed by atoms with Crippen LogP contribution in [0, 0.1) is 5.92 Å². The van der Waals surface area contributed by atoms with Gasteiger partial charge in [0.2, 0.25) is 11.7 Å². The van der Waals surface area contributed by atoms with Crippen molar-refractivity contribution in [2.75, 3.05) is 13.1 Å². The number of nitrogens with zero attached hydrogens (tertiary/aromatic N) is 6. The Balaban J connectivity index is 1.37. The predicted octanol–water partition coefficient (Wildman–Crippen LogP) is 2.89. The third-order valence-corrected chi connectivity index (χ3v) is 4.70. The van der Waals surface area contributed by atoms with Crippen LogP contribution in [0.15, 0.2) is 41.4 Å². The van der Waals surface area contributed by atoms with Crippen molar-refractivity contribution in [3.05, 3.63) is 47.8 Å². The fourth-order valence-corrected chi connectivity index (χ4v) is 3.39. The standard InChI is InChI=1S/C17H19ClN6O/c18-15-5-3-14(4-6-15)17-21-16(25-22-17)10-23-7-1-2-13(8-23)9-24-12-19-11-20-24/h3-6,11-13H,1-2,7-10H2. The van der Waals surface area contributed by atoms with Crippen LogP contribution in [0.2, 0.25) is 5.02 Å². The number of benzene rings is 1. The summed E-state index contributed by atoms with van der Waals surface area (Å²) in [7, 11) is 0. The van der Waals surface area contributed by atoms with Crippen LogP contribution in [-0.2, 0) is 13.1 Å². The second-order valence-electron chi connectivity index (χ2n) is 6.38. The molecule has 1 atom stereocenters. The highest BCUT2D eigenvalue weighted by atomic mass is 35.5. The lowest BCUT2D eigenvalue weighted by molar-refractivity contribution is 0.138. The van der Waals surface area contributed by atoms with E-state index in [1.165, 1.54) is 6.42 Å². The number of aromatic nitrogens is 5. The van der Waals surface area contributed by atoms with Gasteiger partial charge in [-0.1, -0.05) is 16.8 Å². The number of piperidine rings is 1. The highest BCUT2D eigenvalue weighted by Gasteiger charge is 2.22. The van der Waals surface area contributed by atoms with Gasteiger partial charge in [-0.25, -0.2) is 4.98 Å². The molecule has 4 rings (SSSR count). The average Bonchev–Trinajstić information content (AvgIpc) is 3.28. The van der Waals surface area contributed by atoms with Crippen molar-refractivity contribution < 1.29 is 4.52 Å². The lowest BCUT2D eigenvalue weighted by Gasteiger charge is -2.31. The first-order valence-corrected chi connectivity index (χ1v) is 8.77. The first kappa shape index (κ1) is 16.2. The maximum Gasteiger partial charge on any atom is 0.241 e. The fraction of sp³-hybridized carbons (Fsp3) is 0.412. The van der Waals surface area contributed by atoms with E-state index in [1.54, 1.807) is 12.7 Å². The van der Waals surface area contributed by atoms with E-state index in [2.05, 4.69) is 25.1 Å². The molecule has 1 fully saturated rings. The van der Waals surface area contributed by atoms with Crippen LogP contribution in [0.4, 0.5) is 0 Å². The number of halogens is 1. The monoisotopic (exact) mass is 358 g/mol. The van der Waals surface area contributed by atoms with Crippen molar-refractivity contribution in [2.45, 2.75) is 25.9 Å². The van der Waals surface area contributed by atoms with E-state index in [9.17, 15) is 0 Å². The SMILES string of the molecule is Clc1ccc(-c2noc(CN3CCCC(Cn4cncn4)C3)n2)cc1. The number of hydrogen-bond acceptors (Lipinski definition) is 6. The van der Waals surface area contributed by atoms with E-state index in [0.717, 1.165) is 31.6 Å². The molecular formula is C17H19ClN6O. The molecule has 8 heteroatoms. The Morgan fingerprint density at radius 2 is 2.12 bits per heavy atom. The summed E-state index contributed by atoms with van der Waals surface area (Å²) in [6.45, 7) is 3.62. The van der Waals surface area contributed by atoms with Crippen LogP contribution in [-0.4, -0.2) is 42.9 Å². The van der Waals surface area contributed by atoms with E-state index >= 15 is 0 Å². The molecule has 3 aromatic rings. The summed E-state index contributed by atoms with van der Waals surface area (Å²) in [4.78, 5) is 10.9. The molecule has 1 saturated heterocycles. The normalized spacial score (nSPS) is 18.5. The van der Waals surface area contributed by atoms with Crippen LogP contribution < -0.4 is 0 Å². The summed E-state index contributed by atoms with van der Waals surface area (Å²) in [6, 6.07) is 7.44. The van der Waals surface area contributed by atoms with Gasteiger partial charge in [0.1, 0.15) is 12.7 Å². The molecule has 3 heterocycles. The molecular weight excluding hydrogens is 340 g/mol. The van der Waals surface area contributed by atoms with E-state index in [4.69, 9.17) is 16.1 Å². The summed E-state index contributed by atoms with van der Waals surface area (Å²) in [6.07, 6.45) is 5.72. The molecule has 7 nitrogen and oxygen atoms in total. The molecule has 0 spiro atoms.